The van der Waals surface area contributed by atoms with E-state index >= 15 is 0 Å². The van der Waals surface area contributed by atoms with Gasteiger partial charge in [0.2, 0.25) is 5.91 Å². The molecule has 0 aliphatic carbocycles. The van der Waals surface area contributed by atoms with E-state index in [2.05, 4.69) is 24.1 Å². The van der Waals surface area contributed by atoms with Crippen molar-refractivity contribution >= 4 is 5.91 Å². The Balaban J connectivity index is 1.71. The molecule has 1 N–H and O–H groups in total. The molecule has 0 radical (unpaired) electrons. The number of piperazine rings is 1. The molecular formula is C15H29N3O3. The number of carbonyl (C=O) groups is 1. The maximum Gasteiger partial charge on any atom is 0.242 e. The van der Waals surface area contributed by atoms with Gasteiger partial charge in [0, 0.05) is 39.3 Å². The van der Waals surface area contributed by atoms with E-state index in [0.29, 0.717) is 6.61 Å². The lowest BCUT2D eigenvalue weighted by Crippen LogP contribution is -2.59. The molecule has 1 amide bonds. The number of amides is 1. The second-order valence-electron chi connectivity index (χ2n) is 6.09. The molecule has 2 saturated heterocycles. The molecule has 0 spiro atoms. The van der Waals surface area contributed by atoms with Crippen molar-refractivity contribution in [3.05, 3.63) is 0 Å². The van der Waals surface area contributed by atoms with E-state index in [4.69, 9.17) is 9.47 Å². The quantitative estimate of drug-likeness (QED) is 0.770. The van der Waals surface area contributed by atoms with Gasteiger partial charge in [-0.25, -0.2) is 0 Å². The molecule has 0 unspecified atom stereocenters. The summed E-state index contributed by atoms with van der Waals surface area (Å²) in [5, 5.41) is 3.27. The molecule has 2 atom stereocenters. The van der Waals surface area contributed by atoms with Gasteiger partial charge in [-0.1, -0.05) is 0 Å². The molecule has 0 saturated carbocycles. The van der Waals surface area contributed by atoms with Gasteiger partial charge in [-0.15, -0.1) is 0 Å². The zero-order valence-electron chi connectivity index (χ0n) is 13.5. The second kappa shape index (κ2) is 8.08. The summed E-state index contributed by atoms with van der Waals surface area (Å²) in [6.07, 6.45) is 0.246. The number of ether oxygens (including phenoxy) is 2. The van der Waals surface area contributed by atoms with Gasteiger partial charge < -0.3 is 19.7 Å². The van der Waals surface area contributed by atoms with Crippen LogP contribution < -0.4 is 5.32 Å². The first-order valence-corrected chi connectivity index (χ1v) is 8.05. The minimum atomic E-state index is -0.186. The Bertz CT molecular complexity index is 330. The number of carbonyl (C=O) groups excluding carboxylic acids is 1. The fourth-order valence-electron chi connectivity index (χ4n) is 2.82. The van der Waals surface area contributed by atoms with Crippen LogP contribution in [0.25, 0.3) is 0 Å². The van der Waals surface area contributed by atoms with Crippen molar-refractivity contribution in [1.82, 2.24) is 15.1 Å². The van der Waals surface area contributed by atoms with Gasteiger partial charge in [0.05, 0.1) is 25.4 Å². The fraction of sp³-hybridized carbons (Fsp3) is 0.933. The zero-order chi connectivity index (χ0) is 15.2. The first-order valence-electron chi connectivity index (χ1n) is 8.05. The van der Waals surface area contributed by atoms with Crippen LogP contribution in [0.4, 0.5) is 0 Å². The van der Waals surface area contributed by atoms with Crippen molar-refractivity contribution < 1.29 is 14.3 Å². The molecule has 0 bridgehead atoms. The molecule has 21 heavy (non-hydrogen) atoms. The van der Waals surface area contributed by atoms with E-state index in [9.17, 15) is 4.79 Å². The Morgan fingerprint density at radius 1 is 1.33 bits per heavy atom. The average Bonchev–Trinajstić information content (AvgIpc) is 2.47. The highest BCUT2D eigenvalue weighted by atomic mass is 16.5. The second-order valence-corrected chi connectivity index (χ2v) is 6.09. The standard InChI is InChI=1S/C15H29N3O3/c1-12(2)20-11-9-17-5-7-18(8-6-17)15(19)14-13(3)21-10-4-16-14/h12-14,16H,4-11H2,1-3H3/t13-,14+/m1/s1. The van der Waals surface area contributed by atoms with Crippen molar-refractivity contribution in [3.8, 4) is 0 Å². The number of nitrogens with one attached hydrogen (secondary N) is 1. The van der Waals surface area contributed by atoms with Gasteiger partial charge in [-0.2, -0.15) is 0 Å². The minimum Gasteiger partial charge on any atom is -0.377 e. The number of rotatable bonds is 5. The molecule has 2 aliphatic rings. The van der Waals surface area contributed by atoms with Crippen LogP contribution in [-0.2, 0) is 14.3 Å². The first kappa shape index (κ1) is 16.7. The fourth-order valence-corrected chi connectivity index (χ4v) is 2.82. The highest BCUT2D eigenvalue weighted by Crippen LogP contribution is 2.10. The molecule has 2 aliphatic heterocycles. The molecule has 6 heteroatoms. The Morgan fingerprint density at radius 2 is 2.05 bits per heavy atom. The summed E-state index contributed by atoms with van der Waals surface area (Å²) in [4.78, 5) is 16.8. The van der Waals surface area contributed by atoms with Gasteiger partial charge in [0.1, 0.15) is 6.04 Å². The molecule has 0 aromatic heterocycles. The van der Waals surface area contributed by atoms with Crippen molar-refractivity contribution in [1.29, 1.82) is 0 Å². The summed E-state index contributed by atoms with van der Waals surface area (Å²) in [5.74, 6) is 0.181. The molecule has 0 aromatic carbocycles. The predicted octanol–water partition coefficient (Wildman–Crippen LogP) is -0.0675. The predicted molar refractivity (Wildman–Crippen MR) is 81.3 cm³/mol. The minimum absolute atomic E-state index is 0.0382. The maximum absolute atomic E-state index is 12.5. The van der Waals surface area contributed by atoms with Crippen molar-refractivity contribution in [2.24, 2.45) is 0 Å². The molecule has 0 aromatic rings. The molecular weight excluding hydrogens is 270 g/mol. The number of nitrogens with zero attached hydrogens (tertiary/aromatic N) is 2. The van der Waals surface area contributed by atoms with E-state index in [1.165, 1.54) is 0 Å². The Kier molecular flexibility index (Phi) is 6.41. The van der Waals surface area contributed by atoms with Crippen LogP contribution in [0.2, 0.25) is 0 Å². The Labute approximate surface area is 127 Å². The van der Waals surface area contributed by atoms with Crippen LogP contribution in [0.15, 0.2) is 0 Å². The van der Waals surface area contributed by atoms with E-state index in [-0.39, 0.29) is 24.2 Å². The lowest BCUT2D eigenvalue weighted by molar-refractivity contribution is -0.141. The Morgan fingerprint density at radius 3 is 2.67 bits per heavy atom. The van der Waals surface area contributed by atoms with Gasteiger partial charge >= 0.3 is 0 Å². The number of hydrogen-bond acceptors (Lipinski definition) is 5. The molecule has 2 heterocycles. The largest absolute Gasteiger partial charge is 0.377 e. The third kappa shape index (κ3) is 4.92. The van der Waals surface area contributed by atoms with Gasteiger partial charge in [0.15, 0.2) is 0 Å². The smallest absolute Gasteiger partial charge is 0.242 e. The van der Waals surface area contributed by atoms with Crippen LogP contribution in [0.5, 0.6) is 0 Å². The first-order chi connectivity index (χ1) is 10.1. The number of hydrogen-bond donors (Lipinski definition) is 1. The number of morpholine rings is 1. The lowest BCUT2D eigenvalue weighted by Gasteiger charge is -2.38. The van der Waals surface area contributed by atoms with E-state index in [1.54, 1.807) is 0 Å². The van der Waals surface area contributed by atoms with Crippen LogP contribution in [0, 0.1) is 0 Å². The van der Waals surface area contributed by atoms with E-state index in [0.717, 1.165) is 45.9 Å². The highest BCUT2D eigenvalue weighted by Gasteiger charge is 2.33. The molecule has 2 fully saturated rings. The monoisotopic (exact) mass is 299 g/mol. The van der Waals surface area contributed by atoms with E-state index < -0.39 is 0 Å². The van der Waals surface area contributed by atoms with E-state index in [1.807, 2.05) is 11.8 Å². The van der Waals surface area contributed by atoms with Crippen molar-refractivity contribution in [2.45, 2.75) is 39.0 Å². The van der Waals surface area contributed by atoms with Crippen molar-refractivity contribution in [3.63, 3.8) is 0 Å². The summed E-state index contributed by atoms with van der Waals surface area (Å²) in [5.41, 5.74) is 0. The van der Waals surface area contributed by atoms with Gasteiger partial charge in [0.25, 0.3) is 0 Å². The molecule has 6 nitrogen and oxygen atoms in total. The molecule has 122 valence electrons. The summed E-state index contributed by atoms with van der Waals surface area (Å²) < 4.78 is 11.1. The van der Waals surface area contributed by atoms with Crippen molar-refractivity contribution in [2.75, 3.05) is 52.5 Å². The van der Waals surface area contributed by atoms with Gasteiger partial charge in [-0.3, -0.25) is 9.69 Å². The summed E-state index contributed by atoms with van der Waals surface area (Å²) in [7, 11) is 0. The zero-order valence-corrected chi connectivity index (χ0v) is 13.5. The van der Waals surface area contributed by atoms with Crippen LogP contribution >= 0.6 is 0 Å². The normalized spacial score (nSPS) is 28.1. The van der Waals surface area contributed by atoms with Crippen LogP contribution in [0.1, 0.15) is 20.8 Å². The SMILES string of the molecule is CC(C)OCCN1CCN(C(=O)[C@H]2NCCO[C@@H]2C)CC1. The average molecular weight is 299 g/mol. The topological polar surface area (TPSA) is 54.0 Å². The third-order valence-electron chi connectivity index (χ3n) is 4.13. The molecule has 2 rings (SSSR count). The third-order valence-corrected chi connectivity index (χ3v) is 4.13. The summed E-state index contributed by atoms with van der Waals surface area (Å²) in [6.45, 7) is 12.7. The maximum atomic E-state index is 12.5. The summed E-state index contributed by atoms with van der Waals surface area (Å²) in [6, 6.07) is -0.186. The highest BCUT2D eigenvalue weighted by molar-refractivity contribution is 5.82. The van der Waals surface area contributed by atoms with Crippen LogP contribution in [-0.4, -0.2) is 86.4 Å². The van der Waals surface area contributed by atoms with Gasteiger partial charge in [-0.05, 0) is 20.8 Å². The summed E-state index contributed by atoms with van der Waals surface area (Å²) >= 11 is 0. The Hall–Kier alpha value is -0.690. The lowest BCUT2D eigenvalue weighted by atomic mass is 10.1. The van der Waals surface area contributed by atoms with Crippen LogP contribution in [0.3, 0.4) is 0 Å².